The van der Waals surface area contributed by atoms with Crippen LogP contribution in [-0.4, -0.2) is 35.8 Å². The summed E-state index contributed by atoms with van der Waals surface area (Å²) in [5, 5.41) is 16.4. The molecular weight excluding hydrogens is 509 g/mol. The first-order chi connectivity index (χ1) is 13.7. The quantitative estimate of drug-likeness (QED) is 0.268. The molecular formula is C20H29F2IN4O3. The zero-order valence-electron chi connectivity index (χ0n) is 17.5. The lowest BCUT2D eigenvalue weighted by Gasteiger charge is -2.16. The van der Waals surface area contributed by atoms with E-state index in [9.17, 15) is 13.9 Å². The lowest BCUT2D eigenvalue weighted by atomic mass is 9.94. The van der Waals surface area contributed by atoms with E-state index >= 15 is 0 Å². The third-order valence-electron chi connectivity index (χ3n) is 3.96. The average molecular weight is 538 g/mol. The summed E-state index contributed by atoms with van der Waals surface area (Å²) >= 11 is 0. The third-order valence-corrected chi connectivity index (χ3v) is 3.96. The van der Waals surface area contributed by atoms with Crippen LogP contribution in [0.25, 0.3) is 0 Å². The Kier molecular flexibility index (Phi) is 10.5. The number of aliphatic hydroxyl groups is 1. The number of aliphatic imine (C=N–C) groups is 1. The summed E-state index contributed by atoms with van der Waals surface area (Å²) in [5.74, 6) is 1.83. The molecule has 1 aromatic carbocycles. The van der Waals surface area contributed by atoms with E-state index in [1.807, 2.05) is 27.7 Å². The maximum atomic E-state index is 12.2. The molecule has 1 atom stereocenters. The topological polar surface area (TPSA) is 91.9 Å². The molecule has 3 N–H and O–H groups in total. The van der Waals surface area contributed by atoms with Crippen LogP contribution in [0.4, 0.5) is 8.78 Å². The summed E-state index contributed by atoms with van der Waals surface area (Å²) in [4.78, 5) is 8.66. The molecule has 2 rings (SSSR count). The number of hydrogen-bond acceptors (Lipinski definition) is 5. The Morgan fingerprint density at radius 2 is 1.90 bits per heavy atom. The highest BCUT2D eigenvalue weighted by molar-refractivity contribution is 14.0. The van der Waals surface area contributed by atoms with Crippen LogP contribution >= 0.6 is 24.0 Å². The van der Waals surface area contributed by atoms with E-state index in [0.29, 0.717) is 24.0 Å². The summed E-state index contributed by atoms with van der Waals surface area (Å²) in [6, 6.07) is 5.85. The molecule has 0 saturated carbocycles. The van der Waals surface area contributed by atoms with Crippen LogP contribution in [0.2, 0.25) is 0 Å². The minimum absolute atomic E-state index is 0. The highest BCUT2D eigenvalue weighted by atomic mass is 127. The molecule has 10 heteroatoms. The molecule has 0 aliphatic carbocycles. The second kappa shape index (κ2) is 12.0. The van der Waals surface area contributed by atoms with E-state index in [4.69, 9.17) is 4.42 Å². The molecule has 0 amide bonds. The van der Waals surface area contributed by atoms with Gasteiger partial charge in [-0.05, 0) is 24.6 Å². The number of rotatable bonds is 8. The van der Waals surface area contributed by atoms with Crippen molar-refractivity contribution in [3.8, 4) is 5.75 Å². The average Bonchev–Trinajstić information content (AvgIpc) is 3.13. The van der Waals surface area contributed by atoms with Crippen molar-refractivity contribution in [2.45, 2.75) is 52.4 Å². The van der Waals surface area contributed by atoms with Gasteiger partial charge in [-0.3, -0.25) is 0 Å². The van der Waals surface area contributed by atoms with Crippen molar-refractivity contribution in [1.29, 1.82) is 0 Å². The molecule has 0 aliphatic rings. The van der Waals surface area contributed by atoms with Crippen molar-refractivity contribution in [2.75, 3.05) is 13.1 Å². The molecule has 0 aliphatic heterocycles. The number of oxazole rings is 1. The van der Waals surface area contributed by atoms with Crippen molar-refractivity contribution in [2.24, 2.45) is 4.99 Å². The number of halogens is 3. The fraction of sp³-hybridized carbons (Fsp3) is 0.500. The van der Waals surface area contributed by atoms with Crippen LogP contribution in [0.3, 0.4) is 0 Å². The van der Waals surface area contributed by atoms with Gasteiger partial charge in [-0.25, -0.2) is 9.98 Å². The van der Waals surface area contributed by atoms with Gasteiger partial charge in [0.2, 0.25) is 5.89 Å². The first-order valence-corrected chi connectivity index (χ1v) is 9.39. The molecule has 1 aromatic heterocycles. The minimum Gasteiger partial charge on any atom is -0.443 e. The van der Waals surface area contributed by atoms with Crippen LogP contribution in [0, 0.1) is 0 Å². The van der Waals surface area contributed by atoms with Crippen molar-refractivity contribution < 1.29 is 23.0 Å². The Labute approximate surface area is 192 Å². The first-order valence-electron chi connectivity index (χ1n) is 9.39. The first kappa shape index (κ1) is 26.1. The van der Waals surface area contributed by atoms with E-state index in [-0.39, 0.29) is 48.2 Å². The predicted octanol–water partition coefficient (Wildman–Crippen LogP) is 3.98. The van der Waals surface area contributed by atoms with Crippen LogP contribution in [0.1, 0.15) is 51.0 Å². The van der Waals surface area contributed by atoms with Gasteiger partial charge in [0.25, 0.3) is 0 Å². The Balaban J connectivity index is 0.00000450. The Hall–Kier alpha value is -1.95. The molecule has 30 heavy (non-hydrogen) atoms. The number of ether oxygens (including phenoxy) is 1. The standard InChI is InChI=1S/C20H28F2N4O3.HI/c1-5-23-19(26-12-17-24-11-16(29-17)20(2,3)4)25-10-15(27)13-6-8-14(9-7-13)28-18(21)22;/h6-9,11,15,18,27H,5,10,12H2,1-4H3,(H2,23,25,26);1H. The largest absolute Gasteiger partial charge is 0.443 e. The van der Waals surface area contributed by atoms with Gasteiger partial charge in [0.15, 0.2) is 5.96 Å². The molecule has 168 valence electrons. The molecule has 1 unspecified atom stereocenters. The lowest BCUT2D eigenvalue weighted by Crippen LogP contribution is -2.39. The number of aromatic nitrogens is 1. The molecule has 1 heterocycles. The number of guanidine groups is 1. The Morgan fingerprint density at radius 1 is 1.23 bits per heavy atom. The number of alkyl halides is 2. The monoisotopic (exact) mass is 538 g/mol. The van der Waals surface area contributed by atoms with Gasteiger partial charge in [-0.2, -0.15) is 8.78 Å². The van der Waals surface area contributed by atoms with Crippen molar-refractivity contribution >= 4 is 29.9 Å². The number of benzene rings is 1. The lowest BCUT2D eigenvalue weighted by molar-refractivity contribution is -0.0498. The Morgan fingerprint density at radius 3 is 2.43 bits per heavy atom. The zero-order valence-corrected chi connectivity index (χ0v) is 19.8. The van der Waals surface area contributed by atoms with Gasteiger partial charge in [0.1, 0.15) is 18.1 Å². The molecule has 0 spiro atoms. The molecule has 0 bridgehead atoms. The van der Waals surface area contributed by atoms with Crippen molar-refractivity contribution in [1.82, 2.24) is 15.6 Å². The summed E-state index contributed by atoms with van der Waals surface area (Å²) in [6.45, 7) is 6.24. The van der Waals surface area contributed by atoms with Gasteiger partial charge < -0.3 is 24.9 Å². The van der Waals surface area contributed by atoms with Gasteiger partial charge in [-0.15, -0.1) is 24.0 Å². The highest BCUT2D eigenvalue weighted by Crippen LogP contribution is 2.23. The van der Waals surface area contributed by atoms with E-state index in [1.54, 1.807) is 6.20 Å². The molecule has 0 fully saturated rings. The molecule has 0 radical (unpaired) electrons. The second-order valence-corrected chi connectivity index (χ2v) is 7.41. The number of nitrogens with one attached hydrogen (secondary N) is 2. The maximum absolute atomic E-state index is 12.2. The molecule has 0 saturated heterocycles. The van der Waals surface area contributed by atoms with Gasteiger partial charge in [0.05, 0.1) is 12.3 Å². The fourth-order valence-electron chi connectivity index (χ4n) is 2.40. The number of nitrogens with zero attached hydrogens (tertiary/aromatic N) is 2. The van der Waals surface area contributed by atoms with Gasteiger partial charge in [-0.1, -0.05) is 32.9 Å². The predicted molar refractivity (Wildman–Crippen MR) is 121 cm³/mol. The second-order valence-electron chi connectivity index (χ2n) is 7.41. The number of hydrogen-bond donors (Lipinski definition) is 3. The third kappa shape index (κ3) is 8.42. The highest BCUT2D eigenvalue weighted by Gasteiger charge is 2.19. The van der Waals surface area contributed by atoms with Crippen molar-refractivity contribution in [3.05, 3.63) is 47.7 Å². The summed E-state index contributed by atoms with van der Waals surface area (Å²) in [7, 11) is 0. The minimum atomic E-state index is -2.88. The SMILES string of the molecule is CCNC(=NCc1ncc(C(C)(C)C)o1)NCC(O)c1ccc(OC(F)F)cc1.I. The molecule has 2 aromatic rings. The summed E-state index contributed by atoms with van der Waals surface area (Å²) < 4.78 is 34.4. The Bertz CT molecular complexity index is 792. The van der Waals surface area contributed by atoms with Crippen LogP contribution in [-0.2, 0) is 12.0 Å². The van der Waals surface area contributed by atoms with Gasteiger partial charge in [0, 0.05) is 18.5 Å². The summed E-state index contributed by atoms with van der Waals surface area (Å²) in [5.41, 5.74) is 0.440. The van der Waals surface area contributed by atoms with E-state index in [0.717, 1.165) is 5.76 Å². The van der Waals surface area contributed by atoms with E-state index in [2.05, 4.69) is 25.3 Å². The normalized spacial score (nSPS) is 13.0. The van der Waals surface area contributed by atoms with Crippen molar-refractivity contribution in [3.63, 3.8) is 0 Å². The number of aliphatic hydroxyl groups excluding tert-OH is 1. The van der Waals surface area contributed by atoms with E-state index < -0.39 is 12.7 Å². The maximum Gasteiger partial charge on any atom is 0.387 e. The summed E-state index contributed by atoms with van der Waals surface area (Å²) in [6.07, 6.45) is 0.852. The fourth-order valence-corrected chi connectivity index (χ4v) is 2.40. The smallest absolute Gasteiger partial charge is 0.387 e. The van der Waals surface area contributed by atoms with Crippen LogP contribution in [0.5, 0.6) is 5.75 Å². The van der Waals surface area contributed by atoms with Gasteiger partial charge >= 0.3 is 6.61 Å². The van der Waals surface area contributed by atoms with Crippen LogP contribution < -0.4 is 15.4 Å². The molecule has 7 nitrogen and oxygen atoms in total. The van der Waals surface area contributed by atoms with Crippen LogP contribution in [0.15, 0.2) is 39.9 Å². The zero-order chi connectivity index (χ0) is 21.4. The van der Waals surface area contributed by atoms with E-state index in [1.165, 1.54) is 24.3 Å².